The van der Waals surface area contributed by atoms with Gasteiger partial charge in [0, 0.05) is 12.1 Å². The normalized spacial score (nSPS) is 10.7. The molecular weight excluding hydrogens is 454 g/mol. The van der Waals surface area contributed by atoms with Crippen LogP contribution in [0.1, 0.15) is 28.2 Å². The minimum absolute atomic E-state index is 0.211. The third-order valence-corrected chi connectivity index (χ3v) is 5.91. The summed E-state index contributed by atoms with van der Waals surface area (Å²) in [5.41, 5.74) is 3.53. The van der Waals surface area contributed by atoms with E-state index >= 15 is 0 Å². The first kappa shape index (κ1) is 24.9. The third kappa shape index (κ3) is 5.68. The van der Waals surface area contributed by atoms with Crippen LogP contribution >= 0.6 is 0 Å². The fourth-order valence-corrected chi connectivity index (χ4v) is 4.12. The summed E-state index contributed by atoms with van der Waals surface area (Å²) in [5.74, 6) is 2.54. The molecule has 0 radical (unpaired) electrons. The van der Waals surface area contributed by atoms with Gasteiger partial charge in [-0.05, 0) is 54.8 Å². The summed E-state index contributed by atoms with van der Waals surface area (Å²) in [4.78, 5) is 17.6. The summed E-state index contributed by atoms with van der Waals surface area (Å²) in [5, 5.41) is 2.98. The number of rotatable bonds is 12. The number of ether oxygens (including phenoxy) is 3. The molecule has 186 valence electrons. The van der Waals surface area contributed by atoms with Gasteiger partial charge in [0.2, 0.25) is 0 Å². The number of carbonyl (C=O) groups is 1. The molecule has 0 bridgehead atoms. The van der Waals surface area contributed by atoms with Crippen LogP contribution in [0.15, 0.2) is 79.4 Å². The molecule has 0 atom stereocenters. The van der Waals surface area contributed by atoms with Crippen LogP contribution < -0.4 is 19.5 Å². The van der Waals surface area contributed by atoms with Gasteiger partial charge in [-0.1, -0.05) is 36.4 Å². The molecule has 4 aromatic rings. The standard InChI is InChI=1S/C29H31N3O4/c1-4-10-21-11-5-8-14-25(21)36-18-9-17-32-24-13-7-6-12-23(24)31-28(32)20-30-29(33)22-15-16-26(34-2)27(19-22)35-3/h4-8,11-16,19H,1,9-10,17-18,20H2,2-3H3,(H,30,33). The number of fused-ring (bicyclic) bond motifs is 1. The highest BCUT2D eigenvalue weighted by Gasteiger charge is 2.14. The molecule has 0 saturated carbocycles. The summed E-state index contributed by atoms with van der Waals surface area (Å²) in [6, 6.07) is 21.1. The van der Waals surface area contributed by atoms with E-state index in [0.29, 0.717) is 36.8 Å². The average molecular weight is 486 g/mol. The lowest BCUT2D eigenvalue weighted by molar-refractivity contribution is 0.0949. The molecule has 1 N–H and O–H groups in total. The Balaban J connectivity index is 1.43. The lowest BCUT2D eigenvalue weighted by Gasteiger charge is -2.13. The Morgan fingerprint density at radius 3 is 2.58 bits per heavy atom. The number of amides is 1. The molecule has 3 aromatic carbocycles. The number of nitrogens with one attached hydrogen (secondary N) is 1. The molecule has 0 aliphatic heterocycles. The monoisotopic (exact) mass is 485 g/mol. The Labute approximate surface area is 211 Å². The van der Waals surface area contributed by atoms with E-state index in [1.807, 2.05) is 48.5 Å². The smallest absolute Gasteiger partial charge is 0.251 e. The lowest BCUT2D eigenvalue weighted by atomic mass is 10.1. The van der Waals surface area contributed by atoms with Crippen molar-refractivity contribution in [3.63, 3.8) is 0 Å². The van der Waals surface area contributed by atoms with Gasteiger partial charge in [-0.3, -0.25) is 4.79 Å². The maximum absolute atomic E-state index is 12.8. The highest BCUT2D eigenvalue weighted by Crippen LogP contribution is 2.27. The van der Waals surface area contributed by atoms with Crippen LogP contribution in [0.2, 0.25) is 0 Å². The van der Waals surface area contributed by atoms with E-state index in [-0.39, 0.29) is 5.91 Å². The van der Waals surface area contributed by atoms with Gasteiger partial charge in [0.25, 0.3) is 5.91 Å². The van der Waals surface area contributed by atoms with E-state index in [2.05, 4.69) is 22.5 Å². The molecule has 0 spiro atoms. The van der Waals surface area contributed by atoms with Crippen molar-refractivity contribution >= 4 is 16.9 Å². The van der Waals surface area contributed by atoms with E-state index in [0.717, 1.165) is 41.0 Å². The average Bonchev–Trinajstić information content (AvgIpc) is 3.27. The van der Waals surface area contributed by atoms with Gasteiger partial charge in [-0.25, -0.2) is 4.98 Å². The molecule has 36 heavy (non-hydrogen) atoms. The second kappa shape index (κ2) is 11.9. The van der Waals surface area contributed by atoms with Crippen LogP contribution in [-0.4, -0.2) is 36.3 Å². The zero-order valence-electron chi connectivity index (χ0n) is 20.7. The van der Waals surface area contributed by atoms with E-state index < -0.39 is 0 Å². The summed E-state index contributed by atoms with van der Waals surface area (Å²) in [6.45, 7) is 5.40. The Kier molecular flexibility index (Phi) is 8.24. The predicted molar refractivity (Wildman–Crippen MR) is 141 cm³/mol. The van der Waals surface area contributed by atoms with E-state index in [1.165, 1.54) is 0 Å². The zero-order chi connectivity index (χ0) is 25.3. The maximum atomic E-state index is 12.8. The number of methoxy groups -OCH3 is 2. The van der Waals surface area contributed by atoms with Crippen LogP contribution in [0.25, 0.3) is 11.0 Å². The minimum Gasteiger partial charge on any atom is -0.493 e. The Bertz CT molecular complexity index is 1350. The van der Waals surface area contributed by atoms with Gasteiger partial charge in [-0.15, -0.1) is 6.58 Å². The van der Waals surface area contributed by atoms with Gasteiger partial charge in [0.15, 0.2) is 11.5 Å². The number of allylic oxidation sites excluding steroid dienone is 1. The van der Waals surface area contributed by atoms with E-state index in [4.69, 9.17) is 19.2 Å². The Hall–Kier alpha value is -4.26. The molecule has 0 unspecified atom stereocenters. The lowest BCUT2D eigenvalue weighted by Crippen LogP contribution is -2.25. The molecule has 1 aromatic heterocycles. The van der Waals surface area contributed by atoms with Gasteiger partial charge in [0.05, 0.1) is 38.4 Å². The molecule has 1 amide bonds. The molecule has 4 rings (SSSR count). The number of carbonyl (C=O) groups excluding carboxylic acids is 1. The topological polar surface area (TPSA) is 74.6 Å². The first-order valence-electron chi connectivity index (χ1n) is 11.9. The van der Waals surface area contributed by atoms with Crippen molar-refractivity contribution < 1.29 is 19.0 Å². The van der Waals surface area contributed by atoms with Gasteiger partial charge >= 0.3 is 0 Å². The maximum Gasteiger partial charge on any atom is 0.251 e. The van der Waals surface area contributed by atoms with E-state index in [1.54, 1.807) is 32.4 Å². The highest BCUT2D eigenvalue weighted by atomic mass is 16.5. The number of benzene rings is 3. The summed E-state index contributed by atoms with van der Waals surface area (Å²) in [6.07, 6.45) is 3.44. The van der Waals surface area contributed by atoms with Crippen LogP contribution in [0.3, 0.4) is 0 Å². The molecule has 0 aliphatic rings. The zero-order valence-corrected chi connectivity index (χ0v) is 20.7. The molecular formula is C29H31N3O4. The number of nitrogens with zero attached hydrogens (tertiary/aromatic N) is 2. The van der Waals surface area contributed by atoms with Gasteiger partial charge in [0.1, 0.15) is 11.6 Å². The molecule has 0 aliphatic carbocycles. The summed E-state index contributed by atoms with van der Waals surface area (Å²) >= 11 is 0. The van der Waals surface area contributed by atoms with E-state index in [9.17, 15) is 4.79 Å². The first-order valence-corrected chi connectivity index (χ1v) is 11.9. The fraction of sp³-hybridized carbons (Fsp3) is 0.241. The number of para-hydroxylation sites is 3. The SMILES string of the molecule is C=CCc1ccccc1OCCCn1c(CNC(=O)c2ccc(OC)c(OC)c2)nc2ccccc21. The van der Waals surface area contributed by atoms with Crippen LogP contribution in [0.5, 0.6) is 17.2 Å². The van der Waals surface area contributed by atoms with Gasteiger partial charge in [-0.2, -0.15) is 0 Å². The molecule has 0 saturated heterocycles. The third-order valence-electron chi connectivity index (χ3n) is 5.91. The Morgan fingerprint density at radius 1 is 1.00 bits per heavy atom. The first-order chi connectivity index (χ1) is 17.6. The molecule has 7 nitrogen and oxygen atoms in total. The Morgan fingerprint density at radius 2 is 1.78 bits per heavy atom. The van der Waals surface area contributed by atoms with Crippen LogP contribution in [0.4, 0.5) is 0 Å². The van der Waals surface area contributed by atoms with Crippen molar-refractivity contribution in [1.82, 2.24) is 14.9 Å². The second-order valence-corrected chi connectivity index (χ2v) is 8.22. The molecule has 1 heterocycles. The minimum atomic E-state index is -0.211. The van der Waals surface area contributed by atoms with Crippen molar-refractivity contribution in [1.29, 1.82) is 0 Å². The number of aryl methyl sites for hydroxylation is 1. The molecule has 0 fully saturated rings. The number of hydrogen-bond donors (Lipinski definition) is 1. The van der Waals surface area contributed by atoms with Gasteiger partial charge < -0.3 is 24.1 Å². The van der Waals surface area contributed by atoms with Crippen molar-refractivity contribution in [2.75, 3.05) is 20.8 Å². The van der Waals surface area contributed by atoms with Crippen molar-refractivity contribution in [2.24, 2.45) is 0 Å². The van der Waals surface area contributed by atoms with Crippen LogP contribution in [-0.2, 0) is 19.5 Å². The summed E-state index contributed by atoms with van der Waals surface area (Å²) < 4.78 is 18.8. The number of hydrogen-bond acceptors (Lipinski definition) is 5. The fourth-order valence-electron chi connectivity index (χ4n) is 4.12. The largest absolute Gasteiger partial charge is 0.493 e. The van der Waals surface area contributed by atoms with Crippen LogP contribution in [0, 0.1) is 0 Å². The highest BCUT2D eigenvalue weighted by molar-refractivity contribution is 5.94. The quantitative estimate of drug-likeness (QED) is 0.221. The predicted octanol–water partition coefficient (Wildman–Crippen LogP) is 5.18. The second-order valence-electron chi connectivity index (χ2n) is 8.22. The number of imidazole rings is 1. The van der Waals surface area contributed by atoms with Crippen molar-refractivity contribution in [2.45, 2.75) is 25.9 Å². The van der Waals surface area contributed by atoms with Crippen molar-refractivity contribution in [3.05, 3.63) is 96.3 Å². The molecule has 7 heteroatoms. The summed E-state index contributed by atoms with van der Waals surface area (Å²) in [7, 11) is 3.11. The van der Waals surface area contributed by atoms with Crippen molar-refractivity contribution in [3.8, 4) is 17.2 Å². The number of aromatic nitrogens is 2.